The smallest absolute Gasteiger partial charge is 0.236 e. The fourth-order valence-corrected chi connectivity index (χ4v) is 3.78. The van der Waals surface area contributed by atoms with Crippen LogP contribution in [0.2, 0.25) is 0 Å². The quantitative estimate of drug-likeness (QED) is 0.788. The van der Waals surface area contributed by atoms with Gasteiger partial charge in [0.15, 0.2) is 0 Å². The molecule has 1 N–H and O–H groups in total. The largest absolute Gasteiger partial charge is 0.283 e. The molecule has 0 atom stereocenters. The van der Waals surface area contributed by atoms with E-state index in [0.717, 1.165) is 28.0 Å². The lowest BCUT2D eigenvalue weighted by Crippen LogP contribution is -2.15. The zero-order chi connectivity index (χ0) is 17.3. The molecule has 0 unspecified atom stereocenters. The normalized spacial score (nSPS) is 11.6. The summed E-state index contributed by atoms with van der Waals surface area (Å²) in [5, 5.41) is 0. The van der Waals surface area contributed by atoms with Gasteiger partial charge in [-0.3, -0.25) is 4.72 Å². The molecule has 2 aromatic carbocycles. The molecule has 0 bridgehead atoms. The van der Waals surface area contributed by atoms with Gasteiger partial charge in [-0.05, 0) is 50.1 Å². The van der Waals surface area contributed by atoms with Crippen molar-refractivity contribution in [2.24, 2.45) is 0 Å². The van der Waals surface area contributed by atoms with E-state index in [1.807, 2.05) is 45.0 Å². The second-order valence-corrected chi connectivity index (χ2v) is 7.61. The second-order valence-electron chi connectivity index (χ2n) is 5.89. The monoisotopic (exact) mass is 341 g/mol. The van der Waals surface area contributed by atoms with Crippen LogP contribution < -0.4 is 4.72 Å². The Morgan fingerprint density at radius 1 is 0.917 bits per heavy atom. The van der Waals surface area contributed by atoms with Crippen molar-refractivity contribution in [3.05, 3.63) is 65.0 Å². The highest BCUT2D eigenvalue weighted by atomic mass is 32.2. The Bertz CT molecular complexity index is 1010. The maximum Gasteiger partial charge on any atom is 0.236 e. The summed E-state index contributed by atoms with van der Waals surface area (Å²) >= 11 is 0. The highest BCUT2D eigenvalue weighted by molar-refractivity contribution is 7.91. The first-order valence-electron chi connectivity index (χ1n) is 7.64. The molecule has 0 aliphatic carbocycles. The van der Waals surface area contributed by atoms with Crippen LogP contribution in [0.5, 0.6) is 0 Å². The lowest BCUT2D eigenvalue weighted by molar-refractivity contribution is 0.600. The minimum absolute atomic E-state index is 0.0592. The lowest BCUT2D eigenvalue weighted by Gasteiger charge is -2.10. The van der Waals surface area contributed by atoms with E-state index in [-0.39, 0.29) is 5.75 Å². The van der Waals surface area contributed by atoms with Gasteiger partial charge in [-0.15, -0.1) is 0 Å². The van der Waals surface area contributed by atoms with E-state index in [2.05, 4.69) is 14.7 Å². The van der Waals surface area contributed by atoms with Crippen molar-refractivity contribution in [1.82, 2.24) is 9.97 Å². The summed E-state index contributed by atoms with van der Waals surface area (Å²) in [5.41, 5.74) is 5.37. The van der Waals surface area contributed by atoms with Gasteiger partial charge >= 0.3 is 0 Å². The summed E-state index contributed by atoms with van der Waals surface area (Å²) in [6.07, 6.45) is 0. The number of benzene rings is 2. The van der Waals surface area contributed by atoms with Crippen molar-refractivity contribution >= 4 is 26.7 Å². The molecule has 0 saturated heterocycles. The fourth-order valence-electron chi connectivity index (χ4n) is 2.49. The summed E-state index contributed by atoms with van der Waals surface area (Å²) < 4.78 is 27.5. The number of fused-ring (bicyclic) bond motifs is 1. The first-order valence-corrected chi connectivity index (χ1v) is 9.29. The molecule has 0 spiro atoms. The van der Waals surface area contributed by atoms with E-state index in [9.17, 15) is 8.42 Å². The molecule has 24 heavy (non-hydrogen) atoms. The SMILES string of the molecule is Cc1ccccc1CS(=O)(=O)Nc1ccc2nc(C)c(C)nc2c1. The van der Waals surface area contributed by atoms with Crippen LogP contribution in [0, 0.1) is 20.8 Å². The number of aromatic nitrogens is 2. The third-order valence-corrected chi connectivity index (χ3v) is 5.19. The molecule has 0 saturated carbocycles. The first kappa shape index (κ1) is 16.4. The van der Waals surface area contributed by atoms with Crippen molar-refractivity contribution in [3.63, 3.8) is 0 Å². The minimum atomic E-state index is -3.50. The van der Waals surface area contributed by atoms with E-state index in [1.54, 1.807) is 18.2 Å². The molecular weight excluding hydrogens is 322 g/mol. The van der Waals surface area contributed by atoms with Crippen LogP contribution in [0.15, 0.2) is 42.5 Å². The van der Waals surface area contributed by atoms with E-state index in [1.165, 1.54) is 0 Å². The molecule has 6 heteroatoms. The van der Waals surface area contributed by atoms with Gasteiger partial charge in [0.05, 0.1) is 33.9 Å². The molecule has 0 radical (unpaired) electrons. The van der Waals surface area contributed by atoms with Crippen molar-refractivity contribution < 1.29 is 8.42 Å². The summed E-state index contributed by atoms with van der Waals surface area (Å²) in [6, 6.07) is 12.7. The molecule has 1 aromatic heterocycles. The Kier molecular flexibility index (Phi) is 4.24. The van der Waals surface area contributed by atoms with Crippen LogP contribution >= 0.6 is 0 Å². The number of nitrogens with one attached hydrogen (secondary N) is 1. The topological polar surface area (TPSA) is 72.0 Å². The Hall–Kier alpha value is -2.47. The van der Waals surface area contributed by atoms with Crippen molar-refractivity contribution in [1.29, 1.82) is 0 Å². The van der Waals surface area contributed by atoms with Crippen LogP contribution in [0.4, 0.5) is 5.69 Å². The summed E-state index contributed by atoms with van der Waals surface area (Å²) in [6.45, 7) is 5.69. The number of nitrogens with zero attached hydrogens (tertiary/aromatic N) is 2. The predicted octanol–water partition coefficient (Wildman–Crippen LogP) is 3.50. The van der Waals surface area contributed by atoms with E-state index in [4.69, 9.17) is 0 Å². The second kappa shape index (κ2) is 6.20. The van der Waals surface area contributed by atoms with Gasteiger partial charge in [0.25, 0.3) is 0 Å². The van der Waals surface area contributed by atoms with Crippen LogP contribution in [0.3, 0.4) is 0 Å². The molecule has 0 fully saturated rings. The number of hydrogen-bond donors (Lipinski definition) is 1. The molecular formula is C18H19N3O2S. The first-order chi connectivity index (χ1) is 11.3. The molecule has 1 heterocycles. The van der Waals surface area contributed by atoms with Crippen LogP contribution in [-0.4, -0.2) is 18.4 Å². The van der Waals surface area contributed by atoms with Crippen molar-refractivity contribution in [3.8, 4) is 0 Å². The standard InChI is InChI=1S/C18H19N3O2S/c1-12-6-4-5-7-15(12)11-24(22,23)21-16-8-9-17-18(10-16)20-14(3)13(2)19-17/h4-10,21H,11H2,1-3H3. The average Bonchev–Trinajstić information content (AvgIpc) is 2.50. The maximum atomic E-state index is 12.4. The van der Waals surface area contributed by atoms with Gasteiger partial charge in [0.1, 0.15) is 0 Å². The number of aryl methyl sites for hydroxylation is 3. The van der Waals surface area contributed by atoms with Gasteiger partial charge < -0.3 is 0 Å². The van der Waals surface area contributed by atoms with E-state index in [0.29, 0.717) is 11.2 Å². The number of anilines is 1. The zero-order valence-corrected chi connectivity index (χ0v) is 14.7. The van der Waals surface area contributed by atoms with Gasteiger partial charge in [0.2, 0.25) is 10.0 Å². The van der Waals surface area contributed by atoms with Gasteiger partial charge in [-0.2, -0.15) is 0 Å². The summed E-state index contributed by atoms with van der Waals surface area (Å²) in [5.74, 6) is -0.0592. The molecule has 0 aliphatic rings. The van der Waals surface area contributed by atoms with Crippen LogP contribution in [0.1, 0.15) is 22.5 Å². The average molecular weight is 341 g/mol. The summed E-state index contributed by atoms with van der Waals surface area (Å²) in [4.78, 5) is 8.92. The number of sulfonamides is 1. The summed E-state index contributed by atoms with van der Waals surface area (Å²) in [7, 11) is -3.50. The van der Waals surface area contributed by atoms with Crippen molar-refractivity contribution in [2.45, 2.75) is 26.5 Å². The van der Waals surface area contributed by atoms with E-state index < -0.39 is 10.0 Å². The zero-order valence-electron chi connectivity index (χ0n) is 13.9. The minimum Gasteiger partial charge on any atom is -0.283 e. The highest BCUT2D eigenvalue weighted by Crippen LogP contribution is 2.20. The maximum absolute atomic E-state index is 12.4. The number of rotatable bonds is 4. The predicted molar refractivity (Wildman–Crippen MR) is 96.4 cm³/mol. The van der Waals surface area contributed by atoms with Crippen LogP contribution in [0.25, 0.3) is 11.0 Å². The molecule has 0 aliphatic heterocycles. The Balaban J connectivity index is 1.88. The third-order valence-electron chi connectivity index (χ3n) is 3.96. The molecule has 124 valence electrons. The third kappa shape index (κ3) is 3.54. The van der Waals surface area contributed by atoms with Crippen molar-refractivity contribution in [2.75, 3.05) is 4.72 Å². The number of hydrogen-bond acceptors (Lipinski definition) is 4. The molecule has 3 rings (SSSR count). The van der Waals surface area contributed by atoms with Gasteiger partial charge in [-0.25, -0.2) is 18.4 Å². The fraction of sp³-hybridized carbons (Fsp3) is 0.222. The molecule has 3 aromatic rings. The Morgan fingerprint density at radius 2 is 1.58 bits per heavy atom. The molecule has 5 nitrogen and oxygen atoms in total. The Morgan fingerprint density at radius 3 is 2.29 bits per heavy atom. The van der Waals surface area contributed by atoms with Gasteiger partial charge in [-0.1, -0.05) is 24.3 Å². The Labute approximate surface area is 141 Å². The highest BCUT2D eigenvalue weighted by Gasteiger charge is 2.14. The van der Waals surface area contributed by atoms with Gasteiger partial charge in [0, 0.05) is 0 Å². The van der Waals surface area contributed by atoms with E-state index >= 15 is 0 Å². The lowest BCUT2D eigenvalue weighted by atomic mass is 10.1. The molecule has 0 amide bonds. The van der Waals surface area contributed by atoms with Crippen LogP contribution in [-0.2, 0) is 15.8 Å².